The van der Waals surface area contributed by atoms with Crippen LogP contribution in [-0.2, 0) is 21.2 Å². The molecule has 24 heavy (non-hydrogen) atoms. The summed E-state index contributed by atoms with van der Waals surface area (Å²) in [5, 5.41) is 3.04. The van der Waals surface area contributed by atoms with Gasteiger partial charge >= 0.3 is 0 Å². The molecule has 1 aromatic rings. The van der Waals surface area contributed by atoms with Gasteiger partial charge in [-0.1, -0.05) is 20.8 Å². The highest BCUT2D eigenvalue weighted by Crippen LogP contribution is 2.28. The van der Waals surface area contributed by atoms with Crippen molar-refractivity contribution in [2.75, 3.05) is 13.1 Å². The van der Waals surface area contributed by atoms with Crippen LogP contribution in [0.25, 0.3) is 0 Å². The molecule has 136 valence electrons. The highest BCUT2D eigenvalue weighted by molar-refractivity contribution is 7.91. The number of nitrogens with zero attached hydrogens (tertiary/aromatic N) is 1. The molecule has 1 aliphatic rings. The van der Waals surface area contributed by atoms with Gasteiger partial charge in [0.05, 0.1) is 0 Å². The van der Waals surface area contributed by atoms with Crippen LogP contribution in [0.5, 0.6) is 0 Å². The minimum absolute atomic E-state index is 0.0534. The predicted molar refractivity (Wildman–Crippen MR) is 97.6 cm³/mol. The Labute approximate surface area is 149 Å². The van der Waals surface area contributed by atoms with E-state index in [1.54, 1.807) is 6.07 Å². The molecule has 1 N–H and O–H groups in total. The number of sulfonamides is 1. The average molecular weight is 373 g/mol. The molecule has 1 saturated heterocycles. The summed E-state index contributed by atoms with van der Waals surface area (Å²) in [6.07, 6.45) is 2.01. The van der Waals surface area contributed by atoms with Crippen molar-refractivity contribution in [1.29, 1.82) is 0 Å². The van der Waals surface area contributed by atoms with Crippen LogP contribution in [0.4, 0.5) is 0 Å². The molecule has 0 bridgehead atoms. The Balaban J connectivity index is 1.95. The van der Waals surface area contributed by atoms with Crippen molar-refractivity contribution >= 4 is 27.3 Å². The maximum atomic E-state index is 12.7. The Kier molecular flexibility index (Phi) is 6.45. The largest absolute Gasteiger partial charge is 0.353 e. The first-order chi connectivity index (χ1) is 11.3. The highest BCUT2D eigenvalue weighted by atomic mass is 32.2. The maximum Gasteiger partial charge on any atom is 0.252 e. The first-order valence-corrected chi connectivity index (χ1v) is 10.9. The molecule has 1 amide bonds. The van der Waals surface area contributed by atoms with E-state index in [4.69, 9.17) is 0 Å². The van der Waals surface area contributed by atoms with Crippen molar-refractivity contribution in [3.8, 4) is 0 Å². The van der Waals surface area contributed by atoms with Gasteiger partial charge in [0.15, 0.2) is 0 Å². The van der Waals surface area contributed by atoms with Crippen LogP contribution < -0.4 is 5.32 Å². The number of hydrogen-bond acceptors (Lipinski definition) is 4. The topological polar surface area (TPSA) is 66.5 Å². The zero-order valence-electron chi connectivity index (χ0n) is 14.9. The standard InChI is InChI=1S/C17H28N2O3S2/c1-5-15-6-7-16(23-15)24(21,22)19-10-8-14(9-11-19)17(20)18-13(4)12(2)3/h6-7,12-14H,5,8-11H2,1-4H3,(H,18,20). The van der Waals surface area contributed by atoms with Gasteiger partial charge in [-0.15, -0.1) is 11.3 Å². The summed E-state index contributed by atoms with van der Waals surface area (Å²) in [6, 6.07) is 3.71. The van der Waals surface area contributed by atoms with Crippen LogP contribution in [-0.4, -0.2) is 37.8 Å². The maximum absolute atomic E-state index is 12.7. The second-order valence-corrected chi connectivity index (χ2v) is 10.1. The molecule has 2 rings (SSSR count). The molecular weight excluding hydrogens is 344 g/mol. The molecule has 0 saturated carbocycles. The summed E-state index contributed by atoms with van der Waals surface area (Å²) >= 11 is 1.34. The lowest BCUT2D eigenvalue weighted by atomic mass is 9.96. The number of rotatable bonds is 6. The summed E-state index contributed by atoms with van der Waals surface area (Å²) < 4.78 is 27.3. The van der Waals surface area contributed by atoms with E-state index in [0.29, 0.717) is 36.1 Å². The van der Waals surface area contributed by atoms with Crippen molar-refractivity contribution in [3.63, 3.8) is 0 Å². The Bertz CT molecular complexity index is 659. The van der Waals surface area contributed by atoms with Crippen LogP contribution >= 0.6 is 11.3 Å². The molecule has 1 aromatic heterocycles. The fourth-order valence-corrected chi connectivity index (χ4v) is 5.60. The molecule has 2 heterocycles. The van der Waals surface area contributed by atoms with Crippen molar-refractivity contribution in [3.05, 3.63) is 17.0 Å². The first-order valence-electron chi connectivity index (χ1n) is 8.65. The summed E-state index contributed by atoms with van der Waals surface area (Å²) in [6.45, 7) is 9.00. The number of amides is 1. The zero-order chi connectivity index (χ0) is 17.9. The second kappa shape index (κ2) is 7.97. The van der Waals surface area contributed by atoms with Crippen LogP contribution in [0.2, 0.25) is 0 Å². The molecule has 1 fully saturated rings. The van der Waals surface area contributed by atoms with E-state index in [2.05, 4.69) is 19.2 Å². The number of nitrogens with one attached hydrogen (secondary N) is 1. The summed E-state index contributed by atoms with van der Waals surface area (Å²) in [4.78, 5) is 13.4. The van der Waals surface area contributed by atoms with Gasteiger partial charge in [0, 0.05) is 29.9 Å². The van der Waals surface area contributed by atoms with Gasteiger partial charge in [-0.3, -0.25) is 4.79 Å². The van der Waals surface area contributed by atoms with Gasteiger partial charge in [-0.2, -0.15) is 4.31 Å². The predicted octanol–water partition coefficient (Wildman–Crippen LogP) is 2.87. The Morgan fingerprint density at radius 1 is 1.29 bits per heavy atom. The molecule has 7 heteroatoms. The van der Waals surface area contributed by atoms with Gasteiger partial charge in [-0.25, -0.2) is 8.42 Å². The summed E-state index contributed by atoms with van der Waals surface area (Å²) in [5.41, 5.74) is 0. The van der Waals surface area contributed by atoms with E-state index in [-0.39, 0.29) is 17.9 Å². The van der Waals surface area contributed by atoms with Gasteiger partial charge in [-0.05, 0) is 44.2 Å². The van der Waals surface area contributed by atoms with Crippen molar-refractivity contribution < 1.29 is 13.2 Å². The molecule has 5 nitrogen and oxygen atoms in total. The fraction of sp³-hybridized carbons (Fsp3) is 0.706. The fourth-order valence-electron chi connectivity index (χ4n) is 2.68. The number of carbonyl (C=O) groups is 1. The van der Waals surface area contributed by atoms with Crippen LogP contribution in [0.3, 0.4) is 0 Å². The number of aryl methyl sites for hydroxylation is 1. The molecule has 0 aromatic carbocycles. The molecule has 1 atom stereocenters. The molecule has 1 aliphatic heterocycles. The molecule has 0 radical (unpaired) electrons. The van der Waals surface area contributed by atoms with Crippen molar-refractivity contribution in [2.45, 2.75) is 57.2 Å². The summed E-state index contributed by atoms with van der Waals surface area (Å²) in [7, 11) is -3.42. The van der Waals surface area contributed by atoms with Crippen LogP contribution in [0, 0.1) is 11.8 Å². The van der Waals surface area contributed by atoms with Crippen LogP contribution in [0.15, 0.2) is 16.3 Å². The third-order valence-electron chi connectivity index (χ3n) is 4.77. The highest BCUT2D eigenvalue weighted by Gasteiger charge is 2.33. The minimum Gasteiger partial charge on any atom is -0.353 e. The SMILES string of the molecule is CCc1ccc(S(=O)(=O)N2CCC(C(=O)NC(C)C(C)C)CC2)s1. The third-order valence-corrected chi connectivity index (χ3v) is 8.37. The molecule has 1 unspecified atom stereocenters. The molecule has 0 aliphatic carbocycles. The van der Waals surface area contributed by atoms with Gasteiger partial charge in [0.2, 0.25) is 5.91 Å². The number of thiophene rings is 1. The number of carbonyl (C=O) groups excluding carboxylic acids is 1. The average Bonchev–Trinajstić information content (AvgIpc) is 3.04. The van der Waals surface area contributed by atoms with E-state index in [1.807, 2.05) is 19.9 Å². The van der Waals surface area contributed by atoms with E-state index in [1.165, 1.54) is 15.6 Å². The Morgan fingerprint density at radius 2 is 1.92 bits per heavy atom. The quantitative estimate of drug-likeness (QED) is 0.835. The Morgan fingerprint density at radius 3 is 2.42 bits per heavy atom. The van der Waals surface area contributed by atoms with Gasteiger partial charge in [0.1, 0.15) is 4.21 Å². The lowest BCUT2D eigenvalue weighted by Crippen LogP contribution is -2.45. The Hall–Kier alpha value is -0.920. The van der Waals surface area contributed by atoms with Crippen molar-refractivity contribution in [2.24, 2.45) is 11.8 Å². The number of piperidine rings is 1. The van der Waals surface area contributed by atoms with E-state index in [0.717, 1.165) is 11.3 Å². The van der Waals surface area contributed by atoms with E-state index >= 15 is 0 Å². The smallest absolute Gasteiger partial charge is 0.252 e. The summed E-state index contributed by atoms with van der Waals surface area (Å²) in [5.74, 6) is 0.353. The zero-order valence-corrected chi connectivity index (χ0v) is 16.5. The lowest BCUT2D eigenvalue weighted by molar-refractivity contribution is -0.127. The molecular formula is C17H28N2O3S2. The monoisotopic (exact) mass is 372 g/mol. The van der Waals surface area contributed by atoms with Gasteiger partial charge < -0.3 is 5.32 Å². The first kappa shape index (κ1) is 19.4. The molecule has 0 spiro atoms. The van der Waals surface area contributed by atoms with Crippen LogP contribution in [0.1, 0.15) is 45.4 Å². The number of hydrogen-bond donors (Lipinski definition) is 1. The van der Waals surface area contributed by atoms with E-state index in [9.17, 15) is 13.2 Å². The second-order valence-electron chi connectivity index (χ2n) is 6.79. The van der Waals surface area contributed by atoms with E-state index < -0.39 is 10.0 Å². The normalized spacial score (nSPS) is 18.7. The lowest BCUT2D eigenvalue weighted by Gasteiger charge is -2.31. The van der Waals surface area contributed by atoms with Gasteiger partial charge in [0.25, 0.3) is 10.0 Å². The minimum atomic E-state index is -3.42. The third kappa shape index (κ3) is 4.37. The van der Waals surface area contributed by atoms with Crippen molar-refractivity contribution in [1.82, 2.24) is 9.62 Å².